The van der Waals surface area contributed by atoms with Gasteiger partial charge < -0.3 is 4.74 Å². The topological polar surface area (TPSA) is 63.4 Å². The molecular weight excluding hydrogens is 272 g/mol. The highest BCUT2D eigenvalue weighted by atomic mass is 32.1. The summed E-state index contributed by atoms with van der Waals surface area (Å²) in [5, 5.41) is 0. The average Bonchev–Trinajstić information content (AvgIpc) is 3.18. The number of aromatic nitrogens is 1. The molecule has 1 aliphatic heterocycles. The van der Waals surface area contributed by atoms with E-state index in [1.165, 1.54) is 30.6 Å². The molecule has 2 heterocycles. The number of nitrogens with one attached hydrogen (secondary N) is 1. The number of ether oxygens (including phenoxy) is 1. The molecule has 0 bridgehead atoms. The molecule has 2 fully saturated rings. The first kappa shape index (κ1) is 14.4. The van der Waals surface area contributed by atoms with Gasteiger partial charge in [-0.3, -0.25) is 21.2 Å². The second-order valence-electron chi connectivity index (χ2n) is 5.80. The average molecular weight is 296 g/mol. The van der Waals surface area contributed by atoms with E-state index < -0.39 is 0 Å². The van der Waals surface area contributed by atoms with E-state index in [2.05, 4.69) is 15.3 Å². The maximum Gasteiger partial charge on any atom is 0.0794 e. The van der Waals surface area contributed by atoms with Crippen molar-refractivity contribution in [1.82, 2.24) is 15.3 Å². The lowest BCUT2D eigenvalue weighted by atomic mass is 9.84. The Hall–Kier alpha value is -0.530. The van der Waals surface area contributed by atoms with Gasteiger partial charge in [0.1, 0.15) is 0 Å². The Bertz CT molecular complexity index is 399. The molecule has 0 spiro atoms. The van der Waals surface area contributed by atoms with Crippen molar-refractivity contribution in [1.29, 1.82) is 0 Å². The van der Waals surface area contributed by atoms with E-state index >= 15 is 0 Å². The predicted octanol–water partition coefficient (Wildman–Crippen LogP) is 1.16. The van der Waals surface area contributed by atoms with Gasteiger partial charge in [-0.1, -0.05) is 12.8 Å². The van der Waals surface area contributed by atoms with E-state index in [-0.39, 0.29) is 5.54 Å². The van der Waals surface area contributed by atoms with Gasteiger partial charge in [0.2, 0.25) is 0 Å². The van der Waals surface area contributed by atoms with E-state index in [4.69, 9.17) is 10.6 Å². The largest absolute Gasteiger partial charge is 0.379 e. The van der Waals surface area contributed by atoms with Gasteiger partial charge in [0.25, 0.3) is 0 Å². The number of hydrogen-bond acceptors (Lipinski definition) is 6. The number of thiazole rings is 1. The van der Waals surface area contributed by atoms with Gasteiger partial charge in [-0.25, -0.2) is 0 Å². The zero-order valence-corrected chi connectivity index (χ0v) is 12.7. The Labute approximate surface area is 124 Å². The summed E-state index contributed by atoms with van der Waals surface area (Å²) in [4.78, 5) is 8.12. The van der Waals surface area contributed by atoms with Crippen LogP contribution in [0, 0.1) is 0 Å². The number of hydrogen-bond donors (Lipinski definition) is 2. The normalized spacial score (nSPS) is 24.9. The maximum absolute atomic E-state index is 5.94. The van der Waals surface area contributed by atoms with Crippen LogP contribution >= 0.6 is 11.3 Å². The van der Waals surface area contributed by atoms with E-state index in [1.54, 1.807) is 11.3 Å². The first-order valence-electron chi connectivity index (χ1n) is 7.51. The lowest BCUT2D eigenvalue weighted by Crippen LogP contribution is -2.64. The van der Waals surface area contributed by atoms with Crippen molar-refractivity contribution in [2.45, 2.75) is 43.7 Å². The zero-order valence-electron chi connectivity index (χ0n) is 11.9. The van der Waals surface area contributed by atoms with Crippen LogP contribution in [0.3, 0.4) is 0 Å². The first-order valence-corrected chi connectivity index (χ1v) is 8.39. The molecule has 0 radical (unpaired) electrons. The number of nitrogens with zero attached hydrogens (tertiary/aromatic N) is 2. The van der Waals surface area contributed by atoms with Gasteiger partial charge in [0.15, 0.2) is 0 Å². The molecule has 1 aromatic heterocycles. The van der Waals surface area contributed by atoms with E-state index in [0.717, 1.165) is 32.7 Å². The molecule has 0 amide bonds. The van der Waals surface area contributed by atoms with Crippen LogP contribution < -0.4 is 11.3 Å². The lowest BCUT2D eigenvalue weighted by molar-refractivity contribution is -0.0356. The molecule has 20 heavy (non-hydrogen) atoms. The molecule has 0 aromatic carbocycles. The van der Waals surface area contributed by atoms with E-state index in [1.807, 2.05) is 11.7 Å². The van der Waals surface area contributed by atoms with Gasteiger partial charge in [-0.2, -0.15) is 0 Å². The van der Waals surface area contributed by atoms with Crippen LogP contribution in [0.5, 0.6) is 0 Å². The summed E-state index contributed by atoms with van der Waals surface area (Å²) in [6.07, 6.45) is 8.02. The third kappa shape index (κ3) is 2.76. The van der Waals surface area contributed by atoms with Gasteiger partial charge in [-0.15, -0.1) is 11.3 Å². The fourth-order valence-electron chi connectivity index (χ4n) is 3.83. The number of rotatable bonds is 5. The van der Waals surface area contributed by atoms with Crippen molar-refractivity contribution in [2.24, 2.45) is 5.84 Å². The van der Waals surface area contributed by atoms with Crippen molar-refractivity contribution >= 4 is 11.3 Å². The van der Waals surface area contributed by atoms with E-state index in [9.17, 15) is 0 Å². The zero-order chi connectivity index (χ0) is 13.8. The molecule has 3 N–H and O–H groups in total. The smallest absolute Gasteiger partial charge is 0.0794 e. The molecule has 1 atom stereocenters. The monoisotopic (exact) mass is 296 g/mol. The Morgan fingerprint density at radius 2 is 2.15 bits per heavy atom. The van der Waals surface area contributed by atoms with Crippen molar-refractivity contribution < 1.29 is 4.74 Å². The van der Waals surface area contributed by atoms with Crippen LogP contribution in [0.25, 0.3) is 0 Å². The Morgan fingerprint density at radius 3 is 2.75 bits per heavy atom. The fourth-order valence-corrected chi connectivity index (χ4v) is 4.47. The first-order chi connectivity index (χ1) is 9.85. The number of hydrazine groups is 1. The van der Waals surface area contributed by atoms with Crippen LogP contribution in [-0.2, 0) is 11.2 Å². The summed E-state index contributed by atoms with van der Waals surface area (Å²) in [5.74, 6) is 5.94. The molecule has 6 heteroatoms. The van der Waals surface area contributed by atoms with Gasteiger partial charge in [-0.05, 0) is 12.8 Å². The number of morpholine rings is 1. The standard InChI is InChI=1S/C14H24N4OS/c15-17-13(9-12-10-16-11-20-12)14(3-1-2-4-14)18-5-7-19-8-6-18/h10-11,13,17H,1-9,15H2. The molecule has 1 unspecified atom stereocenters. The van der Waals surface area contributed by atoms with Gasteiger partial charge in [0.05, 0.1) is 18.7 Å². The SMILES string of the molecule is NNC(Cc1cncs1)C1(N2CCOCC2)CCCC1. The molecule has 5 nitrogen and oxygen atoms in total. The van der Waals surface area contributed by atoms with E-state index in [0.29, 0.717) is 6.04 Å². The summed E-state index contributed by atoms with van der Waals surface area (Å²) in [5.41, 5.74) is 5.22. The maximum atomic E-state index is 5.94. The fraction of sp³-hybridized carbons (Fsp3) is 0.786. The molecule has 1 aliphatic carbocycles. The summed E-state index contributed by atoms with van der Waals surface area (Å²) >= 11 is 1.72. The second-order valence-corrected chi connectivity index (χ2v) is 6.77. The Balaban J connectivity index is 1.79. The van der Waals surface area contributed by atoms with Crippen molar-refractivity contribution in [2.75, 3.05) is 26.3 Å². The highest BCUT2D eigenvalue weighted by Crippen LogP contribution is 2.39. The van der Waals surface area contributed by atoms with Crippen LogP contribution in [0.4, 0.5) is 0 Å². The van der Waals surface area contributed by atoms with Gasteiger partial charge in [0, 0.05) is 42.2 Å². The van der Waals surface area contributed by atoms with Gasteiger partial charge >= 0.3 is 0 Å². The van der Waals surface area contributed by atoms with Crippen LogP contribution in [0.15, 0.2) is 11.7 Å². The molecule has 112 valence electrons. The molecular formula is C14H24N4OS. The molecule has 1 aromatic rings. The number of nitrogens with two attached hydrogens (primary N) is 1. The third-order valence-corrected chi connectivity index (χ3v) is 5.65. The van der Waals surface area contributed by atoms with Crippen LogP contribution in [0.1, 0.15) is 30.6 Å². The summed E-state index contributed by atoms with van der Waals surface area (Å²) < 4.78 is 5.52. The van der Waals surface area contributed by atoms with Crippen molar-refractivity contribution in [3.05, 3.63) is 16.6 Å². The third-order valence-electron chi connectivity index (χ3n) is 4.85. The summed E-state index contributed by atoms with van der Waals surface area (Å²) in [6.45, 7) is 3.75. The molecule has 1 saturated carbocycles. The minimum absolute atomic E-state index is 0.197. The predicted molar refractivity (Wildman–Crippen MR) is 80.5 cm³/mol. The Morgan fingerprint density at radius 1 is 1.40 bits per heavy atom. The minimum atomic E-state index is 0.197. The second kappa shape index (κ2) is 6.49. The Kier molecular flexibility index (Phi) is 4.68. The lowest BCUT2D eigenvalue weighted by Gasteiger charge is -2.48. The van der Waals surface area contributed by atoms with Crippen LogP contribution in [-0.4, -0.2) is 47.8 Å². The molecule has 1 saturated heterocycles. The van der Waals surface area contributed by atoms with Crippen molar-refractivity contribution in [3.8, 4) is 0 Å². The highest BCUT2D eigenvalue weighted by Gasteiger charge is 2.45. The quantitative estimate of drug-likeness (QED) is 0.631. The highest BCUT2D eigenvalue weighted by molar-refractivity contribution is 7.09. The summed E-state index contributed by atoms with van der Waals surface area (Å²) in [6, 6.07) is 0.295. The van der Waals surface area contributed by atoms with Crippen LogP contribution in [0.2, 0.25) is 0 Å². The minimum Gasteiger partial charge on any atom is -0.379 e. The molecule has 2 aliphatic rings. The molecule has 3 rings (SSSR count). The van der Waals surface area contributed by atoms with Crippen molar-refractivity contribution in [3.63, 3.8) is 0 Å². The summed E-state index contributed by atoms with van der Waals surface area (Å²) in [7, 11) is 0.